The fourth-order valence-corrected chi connectivity index (χ4v) is 3.93. The van der Waals surface area contributed by atoms with Crippen LogP contribution in [0.15, 0.2) is 18.2 Å². The predicted molar refractivity (Wildman–Crippen MR) is 97.3 cm³/mol. The van der Waals surface area contributed by atoms with Gasteiger partial charge in [-0.2, -0.15) is 0 Å². The van der Waals surface area contributed by atoms with Crippen molar-refractivity contribution in [1.29, 1.82) is 0 Å². The smallest absolute Gasteiger partial charge is 0.303 e. The van der Waals surface area contributed by atoms with Gasteiger partial charge in [0.2, 0.25) is 5.91 Å². The van der Waals surface area contributed by atoms with Gasteiger partial charge in [0.25, 0.3) is 11.8 Å². The summed E-state index contributed by atoms with van der Waals surface area (Å²) < 4.78 is 0. The quantitative estimate of drug-likeness (QED) is 0.799. The number of amides is 3. The molecule has 7 nitrogen and oxygen atoms in total. The van der Waals surface area contributed by atoms with Gasteiger partial charge >= 0.3 is 5.97 Å². The Morgan fingerprint density at radius 3 is 2.63 bits per heavy atom. The topological polar surface area (TPSA) is 95.0 Å². The summed E-state index contributed by atoms with van der Waals surface area (Å²) in [5.74, 6) is -1.83. The Morgan fingerprint density at radius 2 is 1.93 bits per heavy atom. The highest BCUT2D eigenvalue weighted by Gasteiger charge is 2.42. The van der Waals surface area contributed by atoms with Gasteiger partial charge in [0, 0.05) is 19.5 Å². The SMILES string of the molecule is Cc1ccc2c(c1)C(=O)N(C(C)C(=O)N1CCCC(CCC(=O)O)C1)C2=O. The average Bonchev–Trinajstić information content (AvgIpc) is 2.89. The van der Waals surface area contributed by atoms with Gasteiger partial charge in [-0.1, -0.05) is 11.6 Å². The molecule has 27 heavy (non-hydrogen) atoms. The summed E-state index contributed by atoms with van der Waals surface area (Å²) in [7, 11) is 0. The number of likely N-dealkylation sites (tertiary alicyclic amines) is 1. The Morgan fingerprint density at radius 1 is 1.22 bits per heavy atom. The third-order valence-corrected chi connectivity index (χ3v) is 5.42. The fourth-order valence-electron chi connectivity index (χ4n) is 3.93. The second-order valence-electron chi connectivity index (χ2n) is 7.43. The molecule has 0 spiro atoms. The van der Waals surface area contributed by atoms with Crippen LogP contribution in [0.5, 0.6) is 0 Å². The second kappa shape index (κ2) is 7.50. The number of fused-ring (bicyclic) bond motifs is 1. The molecule has 7 heteroatoms. The first-order valence-corrected chi connectivity index (χ1v) is 9.28. The van der Waals surface area contributed by atoms with Crippen molar-refractivity contribution in [3.05, 3.63) is 34.9 Å². The number of hydrogen-bond acceptors (Lipinski definition) is 4. The highest BCUT2D eigenvalue weighted by molar-refractivity contribution is 6.22. The molecule has 0 aliphatic carbocycles. The molecule has 2 aliphatic rings. The minimum atomic E-state index is -0.879. The Balaban J connectivity index is 1.71. The van der Waals surface area contributed by atoms with E-state index in [1.165, 1.54) is 0 Å². The first kappa shape index (κ1) is 19.1. The lowest BCUT2D eigenvalue weighted by molar-refractivity contribution is -0.138. The number of piperidine rings is 1. The number of rotatable bonds is 5. The summed E-state index contributed by atoms with van der Waals surface area (Å²) in [6, 6.07) is 4.20. The number of carbonyl (C=O) groups excluding carboxylic acids is 3. The molecule has 2 unspecified atom stereocenters. The van der Waals surface area contributed by atoms with Crippen molar-refractivity contribution in [3.8, 4) is 0 Å². The Labute approximate surface area is 157 Å². The van der Waals surface area contributed by atoms with Crippen molar-refractivity contribution in [3.63, 3.8) is 0 Å². The van der Waals surface area contributed by atoms with Crippen LogP contribution >= 0.6 is 0 Å². The van der Waals surface area contributed by atoms with E-state index in [4.69, 9.17) is 5.11 Å². The lowest BCUT2D eigenvalue weighted by Gasteiger charge is -2.35. The van der Waals surface area contributed by atoms with Gasteiger partial charge in [-0.05, 0) is 51.2 Å². The zero-order valence-corrected chi connectivity index (χ0v) is 15.6. The molecule has 0 aromatic heterocycles. The number of imide groups is 1. The number of carboxylic acid groups (broad SMARTS) is 1. The molecule has 2 aliphatic heterocycles. The van der Waals surface area contributed by atoms with Crippen LogP contribution in [0.25, 0.3) is 0 Å². The number of aliphatic carboxylic acids is 1. The van der Waals surface area contributed by atoms with E-state index >= 15 is 0 Å². The van der Waals surface area contributed by atoms with Crippen molar-refractivity contribution in [2.24, 2.45) is 5.92 Å². The highest BCUT2D eigenvalue weighted by Crippen LogP contribution is 2.28. The molecule has 1 N–H and O–H groups in total. The van der Waals surface area contributed by atoms with Gasteiger partial charge in [0.1, 0.15) is 6.04 Å². The minimum Gasteiger partial charge on any atom is -0.481 e. The number of hydrogen-bond donors (Lipinski definition) is 1. The summed E-state index contributed by atoms with van der Waals surface area (Å²) in [5, 5.41) is 8.85. The van der Waals surface area contributed by atoms with E-state index in [-0.39, 0.29) is 18.2 Å². The van der Waals surface area contributed by atoms with Crippen molar-refractivity contribution < 1.29 is 24.3 Å². The first-order chi connectivity index (χ1) is 12.8. The third kappa shape index (κ3) is 3.72. The molecule has 1 saturated heterocycles. The summed E-state index contributed by atoms with van der Waals surface area (Å²) >= 11 is 0. The Kier molecular flexibility index (Phi) is 5.30. The standard InChI is InChI=1S/C20H24N2O5/c1-12-5-7-15-16(10-12)20(27)22(19(15)26)13(2)18(25)21-9-3-4-14(11-21)6-8-17(23)24/h5,7,10,13-14H,3-4,6,8-9,11H2,1-2H3,(H,23,24). The van der Waals surface area contributed by atoms with Crippen LogP contribution in [0.4, 0.5) is 0 Å². The lowest BCUT2D eigenvalue weighted by Crippen LogP contribution is -2.51. The molecular formula is C20H24N2O5. The van der Waals surface area contributed by atoms with Crippen molar-refractivity contribution in [2.45, 2.75) is 45.6 Å². The Bertz CT molecular complexity index is 804. The zero-order valence-electron chi connectivity index (χ0n) is 15.6. The van der Waals surface area contributed by atoms with Crippen molar-refractivity contribution in [1.82, 2.24) is 9.80 Å². The molecule has 144 valence electrons. The molecule has 0 radical (unpaired) electrons. The van der Waals surface area contributed by atoms with Crippen LogP contribution in [-0.4, -0.2) is 57.7 Å². The van der Waals surface area contributed by atoms with Gasteiger partial charge in [0.05, 0.1) is 11.1 Å². The van der Waals surface area contributed by atoms with Gasteiger partial charge in [-0.25, -0.2) is 0 Å². The molecule has 1 fully saturated rings. The third-order valence-electron chi connectivity index (χ3n) is 5.42. The molecule has 1 aromatic carbocycles. The molecular weight excluding hydrogens is 348 g/mol. The van der Waals surface area contributed by atoms with Crippen LogP contribution in [0.2, 0.25) is 0 Å². The maximum absolute atomic E-state index is 12.9. The zero-order chi connectivity index (χ0) is 19.7. The molecule has 2 heterocycles. The van der Waals surface area contributed by atoms with Gasteiger partial charge < -0.3 is 10.0 Å². The van der Waals surface area contributed by atoms with Crippen molar-refractivity contribution >= 4 is 23.7 Å². The van der Waals surface area contributed by atoms with Gasteiger partial charge in [0.15, 0.2) is 0 Å². The van der Waals surface area contributed by atoms with E-state index in [1.807, 2.05) is 6.92 Å². The summed E-state index contributed by atoms with van der Waals surface area (Å²) in [6.07, 6.45) is 2.29. The average molecular weight is 372 g/mol. The first-order valence-electron chi connectivity index (χ1n) is 9.28. The molecule has 3 rings (SSSR count). The number of carboxylic acids is 1. The van der Waals surface area contributed by atoms with E-state index in [9.17, 15) is 19.2 Å². The van der Waals surface area contributed by atoms with Crippen LogP contribution in [0.1, 0.15) is 58.9 Å². The summed E-state index contributed by atoms with van der Waals surface area (Å²) in [4.78, 5) is 51.8. The van der Waals surface area contributed by atoms with Crippen LogP contribution < -0.4 is 0 Å². The molecule has 1 aromatic rings. The van der Waals surface area contributed by atoms with Crippen molar-refractivity contribution in [2.75, 3.05) is 13.1 Å². The van der Waals surface area contributed by atoms with Crippen LogP contribution in [0.3, 0.4) is 0 Å². The van der Waals surface area contributed by atoms with E-state index in [0.29, 0.717) is 30.6 Å². The van der Waals surface area contributed by atoms with Crippen LogP contribution in [-0.2, 0) is 9.59 Å². The normalized spacial score (nSPS) is 20.6. The Hall–Kier alpha value is -2.70. The molecule has 3 amide bonds. The summed E-state index contributed by atoms with van der Waals surface area (Å²) in [5.41, 5.74) is 1.56. The van der Waals surface area contributed by atoms with Gasteiger partial charge in [-0.3, -0.25) is 24.1 Å². The minimum absolute atomic E-state index is 0.0833. The second-order valence-corrected chi connectivity index (χ2v) is 7.43. The van der Waals surface area contributed by atoms with E-state index in [2.05, 4.69) is 0 Å². The fraction of sp³-hybridized carbons (Fsp3) is 0.500. The number of benzene rings is 1. The van der Waals surface area contributed by atoms with E-state index in [0.717, 1.165) is 23.3 Å². The monoisotopic (exact) mass is 372 g/mol. The number of carbonyl (C=O) groups is 4. The molecule has 2 atom stereocenters. The summed E-state index contributed by atoms with van der Waals surface area (Å²) in [6.45, 7) is 4.46. The van der Waals surface area contributed by atoms with Gasteiger partial charge in [-0.15, -0.1) is 0 Å². The maximum Gasteiger partial charge on any atom is 0.303 e. The largest absolute Gasteiger partial charge is 0.481 e. The van der Waals surface area contributed by atoms with E-state index in [1.54, 1.807) is 30.0 Å². The van der Waals surface area contributed by atoms with E-state index < -0.39 is 23.8 Å². The van der Waals surface area contributed by atoms with Crippen LogP contribution in [0, 0.1) is 12.8 Å². The lowest BCUT2D eigenvalue weighted by atomic mass is 9.93. The highest BCUT2D eigenvalue weighted by atomic mass is 16.4. The molecule has 0 saturated carbocycles. The number of nitrogens with zero attached hydrogens (tertiary/aromatic N) is 2. The number of aryl methyl sites for hydroxylation is 1. The predicted octanol–water partition coefficient (Wildman–Crippen LogP) is 2.08. The molecule has 0 bridgehead atoms. The maximum atomic E-state index is 12.9.